The van der Waals surface area contributed by atoms with E-state index in [-0.39, 0.29) is 25.7 Å². The average molecular weight is 1370 g/mol. The van der Waals surface area contributed by atoms with Crippen LogP contribution in [0.1, 0.15) is 388 Å². The summed E-state index contributed by atoms with van der Waals surface area (Å²) in [6.07, 6.45) is 55.3. The molecule has 0 saturated heterocycles. The summed E-state index contributed by atoms with van der Waals surface area (Å²) in [5, 5.41) is 10.6. The highest BCUT2D eigenvalue weighted by Crippen LogP contribution is 2.45. The molecule has 0 aromatic carbocycles. The first-order valence-electron chi connectivity index (χ1n) is 38.6. The second-order valence-electron chi connectivity index (χ2n) is 27.2. The van der Waals surface area contributed by atoms with Crippen LogP contribution in [-0.4, -0.2) is 96.7 Å². The summed E-state index contributed by atoms with van der Waals surface area (Å²) in [4.78, 5) is 72.7. The summed E-state index contributed by atoms with van der Waals surface area (Å²) in [7, 11) is -9.91. The Morgan fingerprint density at radius 2 is 0.495 bits per heavy atom. The van der Waals surface area contributed by atoms with E-state index in [1.807, 2.05) is 0 Å². The molecule has 93 heavy (non-hydrogen) atoms. The largest absolute Gasteiger partial charge is 0.472 e. The molecule has 0 aliphatic heterocycles. The molecule has 2 unspecified atom stereocenters. The topological polar surface area (TPSA) is 237 Å². The minimum atomic E-state index is -4.95. The number of hydrogen-bond acceptors (Lipinski definition) is 15. The summed E-state index contributed by atoms with van der Waals surface area (Å²) < 4.78 is 68.5. The van der Waals surface area contributed by atoms with Crippen LogP contribution in [0.5, 0.6) is 0 Å². The molecule has 0 aromatic rings. The third-order valence-corrected chi connectivity index (χ3v) is 19.2. The van der Waals surface area contributed by atoms with Crippen LogP contribution >= 0.6 is 15.6 Å². The van der Waals surface area contributed by atoms with Crippen molar-refractivity contribution in [2.75, 3.05) is 39.6 Å². The van der Waals surface area contributed by atoms with Crippen LogP contribution in [0.2, 0.25) is 0 Å². The normalized spacial score (nSPS) is 14.0. The van der Waals surface area contributed by atoms with Crippen molar-refractivity contribution in [3.05, 3.63) is 0 Å². The van der Waals surface area contributed by atoms with Crippen molar-refractivity contribution in [1.82, 2.24) is 0 Å². The lowest BCUT2D eigenvalue weighted by Crippen LogP contribution is -2.30. The summed E-state index contributed by atoms with van der Waals surface area (Å²) in [6, 6.07) is 0. The number of aliphatic hydroxyl groups is 1. The number of esters is 4. The molecule has 552 valence electrons. The lowest BCUT2D eigenvalue weighted by molar-refractivity contribution is -0.161. The van der Waals surface area contributed by atoms with Gasteiger partial charge in [0.2, 0.25) is 0 Å². The average Bonchev–Trinajstić information content (AvgIpc) is 2.70. The van der Waals surface area contributed by atoms with Crippen LogP contribution < -0.4 is 0 Å². The van der Waals surface area contributed by atoms with E-state index in [9.17, 15) is 43.2 Å². The van der Waals surface area contributed by atoms with Crippen LogP contribution in [0.4, 0.5) is 0 Å². The molecular formula is C74H144O17P2. The van der Waals surface area contributed by atoms with E-state index in [2.05, 4.69) is 34.6 Å². The maximum absolute atomic E-state index is 13.1. The third kappa shape index (κ3) is 68.4. The molecule has 0 rings (SSSR count). The van der Waals surface area contributed by atoms with E-state index in [1.54, 1.807) is 0 Å². The fourth-order valence-electron chi connectivity index (χ4n) is 11.4. The maximum atomic E-state index is 13.1. The number of ether oxygens (including phenoxy) is 4. The summed E-state index contributed by atoms with van der Waals surface area (Å²) in [6.45, 7) is 7.29. The van der Waals surface area contributed by atoms with Gasteiger partial charge >= 0.3 is 39.5 Å². The highest BCUT2D eigenvalue weighted by atomic mass is 31.2. The van der Waals surface area contributed by atoms with Crippen molar-refractivity contribution >= 4 is 39.5 Å². The summed E-state index contributed by atoms with van der Waals surface area (Å²) in [5.41, 5.74) is 0. The molecule has 0 radical (unpaired) electrons. The summed E-state index contributed by atoms with van der Waals surface area (Å²) in [5.74, 6) is -1.34. The van der Waals surface area contributed by atoms with Gasteiger partial charge in [-0.25, -0.2) is 9.13 Å². The van der Waals surface area contributed by atoms with E-state index < -0.39 is 97.5 Å². The van der Waals surface area contributed by atoms with Crippen molar-refractivity contribution in [2.24, 2.45) is 5.92 Å². The Labute approximate surface area is 568 Å². The minimum absolute atomic E-state index is 0.108. The van der Waals surface area contributed by atoms with Crippen molar-refractivity contribution in [3.8, 4) is 0 Å². The fraction of sp³-hybridized carbons (Fsp3) is 0.946. The first-order chi connectivity index (χ1) is 45.0. The van der Waals surface area contributed by atoms with Gasteiger partial charge in [0, 0.05) is 25.7 Å². The molecule has 3 N–H and O–H groups in total. The minimum Gasteiger partial charge on any atom is -0.462 e. The van der Waals surface area contributed by atoms with Crippen LogP contribution in [0, 0.1) is 5.92 Å². The Balaban J connectivity index is 5.25. The Bertz CT molecular complexity index is 1790. The molecule has 0 aliphatic carbocycles. The van der Waals surface area contributed by atoms with Gasteiger partial charge in [-0.1, -0.05) is 336 Å². The first-order valence-corrected chi connectivity index (χ1v) is 41.6. The molecule has 0 bridgehead atoms. The van der Waals surface area contributed by atoms with Gasteiger partial charge in [0.05, 0.1) is 26.4 Å². The molecule has 17 nitrogen and oxygen atoms in total. The van der Waals surface area contributed by atoms with Crippen molar-refractivity contribution in [2.45, 2.75) is 406 Å². The number of aliphatic hydroxyl groups excluding tert-OH is 1. The van der Waals surface area contributed by atoms with Gasteiger partial charge in [-0.15, -0.1) is 0 Å². The molecule has 0 amide bonds. The van der Waals surface area contributed by atoms with Gasteiger partial charge in [0.15, 0.2) is 12.2 Å². The molecule has 0 fully saturated rings. The fourth-order valence-corrected chi connectivity index (χ4v) is 12.9. The van der Waals surface area contributed by atoms with Crippen molar-refractivity contribution < 1.29 is 80.2 Å². The lowest BCUT2D eigenvalue weighted by Gasteiger charge is -2.21. The van der Waals surface area contributed by atoms with Gasteiger partial charge in [-0.2, -0.15) is 0 Å². The molecule has 0 spiro atoms. The highest BCUT2D eigenvalue weighted by Gasteiger charge is 2.30. The zero-order chi connectivity index (χ0) is 68.4. The molecule has 0 aromatic heterocycles. The second-order valence-corrected chi connectivity index (χ2v) is 30.1. The van der Waals surface area contributed by atoms with Crippen LogP contribution in [0.25, 0.3) is 0 Å². The molecule has 0 saturated carbocycles. The standard InChI is InChI=1S/C74H144O17P2/c1-6-9-12-15-18-21-24-26-27-28-29-34-40-45-50-55-60-74(79)91-70(64-85-72(77)58-53-48-43-38-35-30-32-36-41-46-51-56-67(4)5)66-89-93(82,83)87-62-68(75)61-86-92(80,81)88-65-69(63-84-71(76)57-52-47-42-37-31-23-20-17-14-11-8-3)90-73(78)59-54-49-44-39-33-25-22-19-16-13-10-7-2/h67-70,75H,6-66H2,1-5H3,(H,80,81)(H,82,83)/t68-,69+,70+/m0/s1. The first kappa shape index (κ1) is 91.1. The van der Waals surface area contributed by atoms with E-state index in [0.29, 0.717) is 25.7 Å². The molecule has 19 heteroatoms. The monoisotopic (exact) mass is 1370 g/mol. The van der Waals surface area contributed by atoms with E-state index in [0.717, 1.165) is 95.8 Å². The predicted molar refractivity (Wildman–Crippen MR) is 377 cm³/mol. The molecule has 0 heterocycles. The SMILES string of the molecule is CCCCCCCCCCCCCCCCCCC(=O)O[C@H](COC(=O)CCCCCCCCCCCCCC(C)C)COP(=O)(O)OC[C@@H](O)COP(=O)(O)OC[C@@H](COC(=O)CCCCCCCCCCCCC)OC(=O)CCCCCCCCCCCCCC. The predicted octanol–water partition coefficient (Wildman–Crippen LogP) is 21.7. The van der Waals surface area contributed by atoms with Crippen LogP contribution in [-0.2, 0) is 65.4 Å². The van der Waals surface area contributed by atoms with Gasteiger partial charge in [-0.3, -0.25) is 37.3 Å². The van der Waals surface area contributed by atoms with Gasteiger partial charge in [-0.05, 0) is 31.6 Å². The zero-order valence-corrected chi connectivity index (χ0v) is 62.2. The van der Waals surface area contributed by atoms with E-state index in [1.165, 1.54) is 212 Å². The number of phosphoric acid groups is 2. The molecule has 0 aliphatic rings. The van der Waals surface area contributed by atoms with E-state index in [4.69, 9.17) is 37.0 Å². The van der Waals surface area contributed by atoms with Crippen molar-refractivity contribution in [3.63, 3.8) is 0 Å². The zero-order valence-electron chi connectivity index (χ0n) is 60.4. The van der Waals surface area contributed by atoms with Crippen LogP contribution in [0.15, 0.2) is 0 Å². The number of carbonyl (C=O) groups is 4. The Morgan fingerprint density at radius 1 is 0.290 bits per heavy atom. The Morgan fingerprint density at radius 3 is 0.731 bits per heavy atom. The van der Waals surface area contributed by atoms with E-state index >= 15 is 0 Å². The lowest BCUT2D eigenvalue weighted by atomic mass is 10.0. The molecule has 5 atom stereocenters. The molecular weight excluding hydrogens is 1220 g/mol. The number of phosphoric ester groups is 2. The maximum Gasteiger partial charge on any atom is 0.472 e. The van der Waals surface area contributed by atoms with Crippen molar-refractivity contribution in [1.29, 1.82) is 0 Å². The highest BCUT2D eigenvalue weighted by molar-refractivity contribution is 7.47. The quantitative estimate of drug-likeness (QED) is 0.0222. The van der Waals surface area contributed by atoms with Crippen LogP contribution in [0.3, 0.4) is 0 Å². The van der Waals surface area contributed by atoms with Gasteiger partial charge < -0.3 is 33.8 Å². The summed E-state index contributed by atoms with van der Waals surface area (Å²) >= 11 is 0. The van der Waals surface area contributed by atoms with Gasteiger partial charge in [0.25, 0.3) is 0 Å². The van der Waals surface area contributed by atoms with Gasteiger partial charge in [0.1, 0.15) is 19.3 Å². The number of unbranched alkanes of at least 4 members (excludes halogenated alkanes) is 46. The Hall–Kier alpha value is -1.94. The number of carbonyl (C=O) groups excluding carboxylic acids is 4. The third-order valence-electron chi connectivity index (χ3n) is 17.3. The smallest absolute Gasteiger partial charge is 0.462 e. The Kier molecular flexibility index (Phi) is 65.9. The number of rotatable bonds is 74. The number of hydrogen-bond donors (Lipinski definition) is 3. The second kappa shape index (κ2) is 67.3.